The number of benzene rings is 1. The molecule has 1 saturated heterocycles. The van der Waals surface area contributed by atoms with Crippen LogP contribution in [0.5, 0.6) is 0 Å². The molecule has 2 aromatic rings. The first kappa shape index (κ1) is 16.5. The number of nitriles is 1. The second-order valence-corrected chi connectivity index (χ2v) is 7.21. The summed E-state index contributed by atoms with van der Waals surface area (Å²) in [5, 5.41) is 9.26. The molecule has 0 aliphatic carbocycles. The van der Waals surface area contributed by atoms with Gasteiger partial charge in [0, 0.05) is 13.1 Å². The van der Waals surface area contributed by atoms with E-state index in [4.69, 9.17) is 5.26 Å². The fourth-order valence-electron chi connectivity index (χ4n) is 2.80. The molecule has 1 N–H and O–H groups in total. The highest BCUT2D eigenvalue weighted by molar-refractivity contribution is 7.99. The van der Waals surface area contributed by atoms with Crippen LogP contribution in [0.3, 0.4) is 0 Å². The number of nitrogens with one attached hydrogen (secondary N) is 1. The number of thioether (sulfide) groups is 1. The summed E-state index contributed by atoms with van der Waals surface area (Å²) in [5.74, 6) is 1.02. The van der Waals surface area contributed by atoms with Crippen LogP contribution in [0.1, 0.15) is 19.2 Å². The minimum absolute atomic E-state index is 0.0425. The lowest BCUT2D eigenvalue weighted by Crippen LogP contribution is -2.34. The van der Waals surface area contributed by atoms with Gasteiger partial charge in [-0.25, -0.2) is 4.98 Å². The van der Waals surface area contributed by atoms with Crippen molar-refractivity contribution in [2.24, 2.45) is 5.92 Å². The van der Waals surface area contributed by atoms with E-state index in [1.165, 1.54) is 11.8 Å². The molecule has 0 bridgehead atoms. The number of aromatic amines is 1. The van der Waals surface area contributed by atoms with Crippen molar-refractivity contribution in [2.45, 2.75) is 24.3 Å². The number of hydrogen-bond donors (Lipinski definition) is 1. The van der Waals surface area contributed by atoms with Crippen LogP contribution in [0.25, 0.3) is 10.9 Å². The van der Waals surface area contributed by atoms with E-state index < -0.39 is 0 Å². The van der Waals surface area contributed by atoms with E-state index in [2.05, 4.69) is 16.0 Å². The summed E-state index contributed by atoms with van der Waals surface area (Å²) in [6, 6.07) is 9.41. The maximum absolute atomic E-state index is 12.4. The van der Waals surface area contributed by atoms with Gasteiger partial charge in [-0.05, 0) is 25.5 Å². The third kappa shape index (κ3) is 3.44. The van der Waals surface area contributed by atoms with Gasteiger partial charge in [0.25, 0.3) is 5.56 Å². The topological polar surface area (TPSA) is 89.8 Å². The van der Waals surface area contributed by atoms with Crippen molar-refractivity contribution >= 4 is 28.6 Å². The van der Waals surface area contributed by atoms with E-state index in [0.717, 1.165) is 6.42 Å². The Bertz CT molecular complexity index is 858. The van der Waals surface area contributed by atoms with Crippen LogP contribution in [-0.2, 0) is 10.5 Å². The molecule has 1 aliphatic heterocycles. The monoisotopic (exact) mass is 342 g/mol. The van der Waals surface area contributed by atoms with Crippen molar-refractivity contribution in [1.82, 2.24) is 14.9 Å². The quantitative estimate of drug-likeness (QED) is 0.917. The second-order valence-electron chi connectivity index (χ2n) is 5.88. The van der Waals surface area contributed by atoms with Gasteiger partial charge in [-0.1, -0.05) is 12.1 Å². The molecular weight excluding hydrogens is 324 g/mol. The maximum atomic E-state index is 12.4. The van der Waals surface area contributed by atoms with Gasteiger partial charge in [0.05, 0.1) is 33.9 Å². The molecule has 6 nitrogen and oxygen atoms in total. The third-order valence-corrected chi connectivity index (χ3v) is 5.30. The fourth-order valence-corrected chi connectivity index (χ4v) is 3.64. The van der Waals surface area contributed by atoms with E-state index in [0.29, 0.717) is 35.6 Å². The van der Waals surface area contributed by atoms with Crippen molar-refractivity contribution in [1.29, 1.82) is 5.26 Å². The first-order valence-electron chi connectivity index (χ1n) is 7.86. The van der Waals surface area contributed by atoms with E-state index in [1.54, 1.807) is 23.1 Å². The van der Waals surface area contributed by atoms with Crippen molar-refractivity contribution in [3.8, 4) is 6.07 Å². The molecule has 1 aromatic carbocycles. The minimum atomic E-state index is -0.237. The number of fused-ring (bicyclic) bond motifs is 1. The number of aromatic nitrogens is 2. The molecule has 3 rings (SSSR count). The predicted octanol–water partition coefficient (Wildman–Crippen LogP) is 1.92. The summed E-state index contributed by atoms with van der Waals surface area (Å²) in [6.45, 7) is 3.02. The van der Waals surface area contributed by atoms with Gasteiger partial charge in [0.1, 0.15) is 5.82 Å². The Morgan fingerprint density at radius 2 is 2.33 bits per heavy atom. The van der Waals surface area contributed by atoms with Crippen molar-refractivity contribution in [3.63, 3.8) is 0 Å². The fraction of sp³-hybridized carbons (Fsp3) is 0.412. The van der Waals surface area contributed by atoms with Crippen molar-refractivity contribution in [2.75, 3.05) is 13.1 Å². The lowest BCUT2D eigenvalue weighted by atomic mass is 10.1. The summed E-state index contributed by atoms with van der Waals surface area (Å²) in [6.07, 6.45) is 0.749. The van der Waals surface area contributed by atoms with Crippen LogP contribution in [-0.4, -0.2) is 39.1 Å². The molecule has 1 amide bonds. The van der Waals surface area contributed by atoms with Crippen LogP contribution >= 0.6 is 11.8 Å². The van der Waals surface area contributed by atoms with E-state index in [-0.39, 0.29) is 22.6 Å². The number of nitrogens with zero attached hydrogens (tertiary/aromatic N) is 3. The van der Waals surface area contributed by atoms with Crippen LogP contribution in [0.2, 0.25) is 0 Å². The van der Waals surface area contributed by atoms with Crippen LogP contribution in [0.15, 0.2) is 29.1 Å². The Kier molecular flexibility index (Phi) is 4.86. The number of hydrogen-bond acceptors (Lipinski definition) is 5. The molecule has 0 spiro atoms. The SMILES string of the molecule is CC(SCc1nc2ccccc2c(=O)[nH]1)C(=O)N1CCC(C#N)C1. The average Bonchev–Trinajstić information content (AvgIpc) is 3.08. The molecule has 1 aromatic heterocycles. The van der Waals surface area contributed by atoms with Gasteiger partial charge in [0.15, 0.2) is 0 Å². The summed E-state index contributed by atoms with van der Waals surface area (Å²) in [5.41, 5.74) is 0.499. The molecule has 7 heteroatoms. The molecule has 2 heterocycles. The Labute approximate surface area is 143 Å². The number of likely N-dealkylation sites (tertiary alicyclic amines) is 1. The number of amides is 1. The zero-order valence-electron chi connectivity index (χ0n) is 13.4. The Morgan fingerprint density at radius 1 is 1.54 bits per heavy atom. The lowest BCUT2D eigenvalue weighted by Gasteiger charge is -2.20. The van der Waals surface area contributed by atoms with Gasteiger partial charge in [-0.15, -0.1) is 11.8 Å². The van der Waals surface area contributed by atoms with Gasteiger partial charge in [-0.3, -0.25) is 9.59 Å². The summed E-state index contributed by atoms with van der Waals surface area (Å²) >= 11 is 1.44. The van der Waals surface area contributed by atoms with Crippen LogP contribution in [0, 0.1) is 17.2 Å². The zero-order chi connectivity index (χ0) is 17.1. The van der Waals surface area contributed by atoms with Crippen molar-refractivity contribution < 1.29 is 4.79 Å². The number of para-hydroxylation sites is 1. The first-order valence-corrected chi connectivity index (χ1v) is 8.91. The van der Waals surface area contributed by atoms with E-state index in [1.807, 2.05) is 13.0 Å². The summed E-state index contributed by atoms with van der Waals surface area (Å²) in [4.78, 5) is 33.4. The highest BCUT2D eigenvalue weighted by Gasteiger charge is 2.29. The molecule has 2 unspecified atom stereocenters. The summed E-state index contributed by atoms with van der Waals surface area (Å²) < 4.78 is 0. The normalized spacial score (nSPS) is 18.5. The maximum Gasteiger partial charge on any atom is 0.258 e. The van der Waals surface area contributed by atoms with Crippen LogP contribution < -0.4 is 5.56 Å². The Balaban J connectivity index is 1.64. The number of H-pyrrole nitrogens is 1. The third-order valence-electron chi connectivity index (χ3n) is 4.16. The molecule has 0 radical (unpaired) electrons. The number of carbonyl (C=O) groups is 1. The number of rotatable bonds is 4. The second kappa shape index (κ2) is 7.05. The molecule has 1 fully saturated rings. The smallest absolute Gasteiger partial charge is 0.258 e. The molecule has 1 aliphatic rings. The van der Waals surface area contributed by atoms with E-state index >= 15 is 0 Å². The van der Waals surface area contributed by atoms with Gasteiger partial charge in [0.2, 0.25) is 5.91 Å². The highest BCUT2D eigenvalue weighted by atomic mass is 32.2. The average molecular weight is 342 g/mol. The standard InChI is InChI=1S/C17H18N4O2S/c1-11(17(23)21-7-6-12(8-18)9-21)24-10-15-19-14-5-3-2-4-13(14)16(22)20-15/h2-5,11-12H,6-7,9-10H2,1H3,(H,19,20,22). The lowest BCUT2D eigenvalue weighted by molar-refractivity contribution is -0.129. The molecule has 124 valence electrons. The Morgan fingerprint density at radius 3 is 3.08 bits per heavy atom. The van der Waals surface area contributed by atoms with Gasteiger partial charge in [-0.2, -0.15) is 5.26 Å². The molecule has 0 saturated carbocycles. The summed E-state index contributed by atoms with van der Waals surface area (Å²) in [7, 11) is 0. The molecule has 24 heavy (non-hydrogen) atoms. The molecular formula is C17H18N4O2S. The minimum Gasteiger partial charge on any atom is -0.340 e. The Hall–Kier alpha value is -2.33. The van der Waals surface area contributed by atoms with Crippen molar-refractivity contribution in [3.05, 3.63) is 40.4 Å². The highest BCUT2D eigenvalue weighted by Crippen LogP contribution is 2.22. The van der Waals surface area contributed by atoms with Crippen LogP contribution in [0.4, 0.5) is 0 Å². The largest absolute Gasteiger partial charge is 0.340 e. The van der Waals surface area contributed by atoms with Gasteiger partial charge >= 0.3 is 0 Å². The number of carbonyl (C=O) groups excluding carboxylic acids is 1. The predicted molar refractivity (Wildman–Crippen MR) is 93.4 cm³/mol. The van der Waals surface area contributed by atoms with E-state index in [9.17, 15) is 9.59 Å². The zero-order valence-corrected chi connectivity index (χ0v) is 14.2. The van der Waals surface area contributed by atoms with Gasteiger partial charge < -0.3 is 9.88 Å². The molecule has 2 atom stereocenters. The first-order chi connectivity index (χ1) is 11.6.